The number of hydrogen-bond acceptors (Lipinski definition) is 3. The topological polar surface area (TPSA) is 62.7 Å². The fourth-order valence-corrected chi connectivity index (χ4v) is 2.45. The second-order valence-electron chi connectivity index (χ2n) is 4.42. The third kappa shape index (κ3) is 1.91. The van der Waals surface area contributed by atoms with Crippen molar-refractivity contribution in [3.63, 3.8) is 0 Å². The predicted molar refractivity (Wildman–Crippen MR) is 61.3 cm³/mol. The third-order valence-corrected chi connectivity index (χ3v) is 3.46. The number of rotatable bonds is 2. The molecular formula is C11H19N3O2. The molecule has 16 heavy (non-hydrogen) atoms. The lowest BCUT2D eigenvalue weighted by atomic mass is 9.80. The highest BCUT2D eigenvalue weighted by molar-refractivity contribution is 6.09. The summed E-state index contributed by atoms with van der Waals surface area (Å²) in [6.45, 7) is 2.63. The van der Waals surface area contributed by atoms with Crippen LogP contribution >= 0.6 is 0 Å². The number of nitrogens with zero attached hydrogens (tertiary/aromatic N) is 1. The lowest BCUT2D eigenvalue weighted by Crippen LogP contribution is -2.50. The van der Waals surface area contributed by atoms with Gasteiger partial charge >= 0.3 is 0 Å². The number of amides is 1. The van der Waals surface area contributed by atoms with E-state index >= 15 is 0 Å². The van der Waals surface area contributed by atoms with E-state index in [4.69, 9.17) is 4.74 Å². The van der Waals surface area contributed by atoms with Crippen LogP contribution in [0.3, 0.4) is 0 Å². The molecule has 0 aromatic heterocycles. The third-order valence-electron chi connectivity index (χ3n) is 3.46. The van der Waals surface area contributed by atoms with E-state index < -0.39 is 5.54 Å². The lowest BCUT2D eigenvalue weighted by Gasteiger charge is -2.34. The zero-order chi connectivity index (χ0) is 11.6. The number of carbonyl (C=O) groups is 1. The second-order valence-corrected chi connectivity index (χ2v) is 4.42. The SMILES string of the molecule is CCN=C1NC(=O)C2(CCC(OC)CC2)N1. The van der Waals surface area contributed by atoms with Crippen LogP contribution in [-0.4, -0.2) is 37.2 Å². The zero-order valence-corrected chi connectivity index (χ0v) is 9.88. The molecule has 0 aromatic rings. The van der Waals surface area contributed by atoms with E-state index in [1.165, 1.54) is 0 Å². The highest BCUT2D eigenvalue weighted by atomic mass is 16.5. The summed E-state index contributed by atoms with van der Waals surface area (Å²) >= 11 is 0. The maximum Gasteiger partial charge on any atom is 0.252 e. The van der Waals surface area contributed by atoms with Crippen LogP contribution in [0.15, 0.2) is 4.99 Å². The lowest BCUT2D eigenvalue weighted by molar-refractivity contribution is -0.126. The molecule has 1 saturated heterocycles. The first-order valence-electron chi connectivity index (χ1n) is 5.87. The Morgan fingerprint density at radius 2 is 2.19 bits per heavy atom. The van der Waals surface area contributed by atoms with E-state index in [-0.39, 0.29) is 5.91 Å². The van der Waals surface area contributed by atoms with Crippen molar-refractivity contribution in [2.45, 2.75) is 44.2 Å². The maximum atomic E-state index is 11.9. The quantitative estimate of drug-likeness (QED) is 0.715. The molecule has 0 aromatic carbocycles. The summed E-state index contributed by atoms with van der Waals surface area (Å²) in [7, 11) is 1.73. The molecule has 5 nitrogen and oxygen atoms in total. The minimum absolute atomic E-state index is 0.0641. The van der Waals surface area contributed by atoms with Crippen LogP contribution < -0.4 is 10.6 Å². The summed E-state index contributed by atoms with van der Waals surface area (Å²) < 4.78 is 5.31. The number of methoxy groups -OCH3 is 1. The molecule has 1 aliphatic carbocycles. The van der Waals surface area contributed by atoms with Crippen LogP contribution in [0.2, 0.25) is 0 Å². The van der Waals surface area contributed by atoms with E-state index in [1.54, 1.807) is 7.11 Å². The van der Waals surface area contributed by atoms with Crippen molar-refractivity contribution in [2.75, 3.05) is 13.7 Å². The first-order chi connectivity index (χ1) is 7.70. The summed E-state index contributed by atoms with van der Waals surface area (Å²) in [5, 5.41) is 6.04. The smallest absolute Gasteiger partial charge is 0.252 e. The Balaban J connectivity index is 2.04. The highest BCUT2D eigenvalue weighted by Crippen LogP contribution is 2.31. The maximum absolute atomic E-state index is 11.9. The minimum Gasteiger partial charge on any atom is -0.381 e. The van der Waals surface area contributed by atoms with Crippen molar-refractivity contribution < 1.29 is 9.53 Å². The van der Waals surface area contributed by atoms with Gasteiger partial charge in [0.25, 0.3) is 5.91 Å². The van der Waals surface area contributed by atoms with Crippen LogP contribution in [0.1, 0.15) is 32.6 Å². The van der Waals surface area contributed by atoms with Gasteiger partial charge in [-0.1, -0.05) is 0 Å². The standard InChI is InChI=1S/C11H19N3O2/c1-3-12-10-13-9(15)11(14-10)6-4-8(16-2)5-7-11/h8H,3-7H2,1-2H3,(H2,12,13,14,15). The number of ether oxygens (including phenoxy) is 1. The van der Waals surface area contributed by atoms with E-state index in [9.17, 15) is 4.79 Å². The van der Waals surface area contributed by atoms with Gasteiger partial charge in [-0.2, -0.15) is 0 Å². The number of guanidine groups is 1. The molecule has 2 fully saturated rings. The van der Waals surface area contributed by atoms with Crippen LogP contribution in [0.4, 0.5) is 0 Å². The van der Waals surface area contributed by atoms with Crippen molar-refractivity contribution in [1.82, 2.24) is 10.6 Å². The molecule has 2 aliphatic rings. The molecule has 1 saturated carbocycles. The van der Waals surface area contributed by atoms with Gasteiger partial charge < -0.3 is 10.1 Å². The van der Waals surface area contributed by atoms with Crippen LogP contribution in [-0.2, 0) is 9.53 Å². The first kappa shape index (κ1) is 11.4. The Morgan fingerprint density at radius 3 is 2.75 bits per heavy atom. The summed E-state index contributed by atoms with van der Waals surface area (Å²) in [6.07, 6.45) is 3.79. The Morgan fingerprint density at radius 1 is 1.50 bits per heavy atom. The Hall–Kier alpha value is -1.10. The van der Waals surface area contributed by atoms with E-state index in [1.807, 2.05) is 6.92 Å². The van der Waals surface area contributed by atoms with Gasteiger partial charge in [0.15, 0.2) is 5.96 Å². The number of hydrogen-bond donors (Lipinski definition) is 2. The molecule has 0 bridgehead atoms. The molecule has 0 atom stereocenters. The molecule has 0 radical (unpaired) electrons. The van der Waals surface area contributed by atoms with E-state index in [2.05, 4.69) is 15.6 Å². The number of nitrogens with one attached hydrogen (secondary N) is 2. The molecular weight excluding hydrogens is 206 g/mol. The fraction of sp³-hybridized carbons (Fsp3) is 0.818. The average molecular weight is 225 g/mol. The largest absolute Gasteiger partial charge is 0.381 e. The summed E-state index contributed by atoms with van der Waals surface area (Å²) in [5.41, 5.74) is -0.428. The van der Waals surface area contributed by atoms with E-state index in [0.717, 1.165) is 25.7 Å². The minimum atomic E-state index is -0.428. The van der Waals surface area contributed by atoms with Gasteiger partial charge in [0.1, 0.15) is 5.54 Å². The van der Waals surface area contributed by atoms with Crippen molar-refractivity contribution in [1.29, 1.82) is 0 Å². The monoisotopic (exact) mass is 225 g/mol. The Bertz CT molecular complexity index is 306. The van der Waals surface area contributed by atoms with Gasteiger partial charge in [-0.25, -0.2) is 0 Å². The molecule has 2 rings (SSSR count). The molecule has 5 heteroatoms. The van der Waals surface area contributed by atoms with Gasteiger partial charge in [0, 0.05) is 13.7 Å². The summed E-state index contributed by atoms with van der Waals surface area (Å²) in [6, 6.07) is 0. The molecule has 1 heterocycles. The predicted octanol–water partition coefficient (Wildman–Crippen LogP) is 0.409. The Labute approximate surface area is 95.6 Å². The van der Waals surface area contributed by atoms with Crippen molar-refractivity contribution in [3.05, 3.63) is 0 Å². The molecule has 90 valence electrons. The number of carbonyl (C=O) groups excluding carboxylic acids is 1. The van der Waals surface area contributed by atoms with Crippen molar-refractivity contribution in [2.24, 2.45) is 4.99 Å². The van der Waals surface area contributed by atoms with Crippen LogP contribution in [0, 0.1) is 0 Å². The van der Waals surface area contributed by atoms with Gasteiger partial charge in [-0.3, -0.25) is 15.1 Å². The van der Waals surface area contributed by atoms with Crippen molar-refractivity contribution >= 4 is 11.9 Å². The molecule has 0 unspecified atom stereocenters. The zero-order valence-electron chi connectivity index (χ0n) is 9.88. The van der Waals surface area contributed by atoms with Crippen molar-refractivity contribution in [3.8, 4) is 0 Å². The number of aliphatic imine (C=N–C) groups is 1. The Kier molecular flexibility index (Phi) is 3.14. The van der Waals surface area contributed by atoms with Gasteiger partial charge in [0.05, 0.1) is 6.10 Å². The fourth-order valence-electron chi connectivity index (χ4n) is 2.45. The molecule has 1 spiro atoms. The molecule has 2 N–H and O–H groups in total. The van der Waals surface area contributed by atoms with Crippen LogP contribution in [0.5, 0.6) is 0 Å². The summed E-state index contributed by atoms with van der Waals surface area (Å²) in [5.74, 6) is 0.692. The molecule has 1 amide bonds. The van der Waals surface area contributed by atoms with Gasteiger partial charge in [-0.15, -0.1) is 0 Å². The van der Waals surface area contributed by atoms with Gasteiger partial charge in [0.2, 0.25) is 0 Å². The van der Waals surface area contributed by atoms with Crippen LogP contribution in [0.25, 0.3) is 0 Å². The van der Waals surface area contributed by atoms with E-state index in [0.29, 0.717) is 18.6 Å². The van der Waals surface area contributed by atoms with Gasteiger partial charge in [-0.05, 0) is 32.6 Å². The first-order valence-corrected chi connectivity index (χ1v) is 5.87. The highest BCUT2D eigenvalue weighted by Gasteiger charge is 2.47. The average Bonchev–Trinajstić information content (AvgIpc) is 2.57. The summed E-state index contributed by atoms with van der Waals surface area (Å²) in [4.78, 5) is 16.1. The second kappa shape index (κ2) is 4.41. The molecule has 1 aliphatic heterocycles. The normalized spacial score (nSPS) is 36.5.